The van der Waals surface area contributed by atoms with Crippen LogP contribution in [-0.4, -0.2) is 12.1 Å². The second kappa shape index (κ2) is 5.59. The molecule has 0 aromatic heterocycles. The summed E-state index contributed by atoms with van der Waals surface area (Å²) in [5.41, 5.74) is 9.56. The number of hydrogen-bond donors (Lipinski definition) is 0. The topological polar surface area (TPSA) is 3.24 Å². The average molecular weight is 345 g/mol. The van der Waals surface area contributed by atoms with Gasteiger partial charge in [0.05, 0.1) is 12.1 Å². The van der Waals surface area contributed by atoms with Gasteiger partial charge in [0, 0.05) is 5.69 Å². The van der Waals surface area contributed by atoms with Crippen LogP contribution in [0.15, 0.2) is 91.0 Å². The summed E-state index contributed by atoms with van der Waals surface area (Å²) in [5, 5.41) is 0. The Morgan fingerprint density at radius 2 is 1.00 bits per heavy atom. The molecular formula is C26H19N. The van der Waals surface area contributed by atoms with Gasteiger partial charge in [-0.2, -0.15) is 0 Å². The predicted molar refractivity (Wildman–Crippen MR) is 114 cm³/mol. The summed E-state index contributed by atoms with van der Waals surface area (Å²) >= 11 is 0. The van der Waals surface area contributed by atoms with Crippen LogP contribution >= 0.6 is 0 Å². The fraction of sp³-hybridized carbons (Fsp3) is 0.0769. The van der Waals surface area contributed by atoms with E-state index in [2.05, 4.69) is 108 Å². The fourth-order valence-electron chi connectivity index (χ4n) is 4.84. The lowest BCUT2D eigenvalue weighted by Gasteiger charge is -2.34. The van der Waals surface area contributed by atoms with Gasteiger partial charge in [-0.3, -0.25) is 0 Å². The van der Waals surface area contributed by atoms with Crippen molar-refractivity contribution in [1.29, 1.82) is 0 Å². The minimum absolute atomic E-state index is 0.262. The van der Waals surface area contributed by atoms with Crippen LogP contribution < -0.4 is 4.90 Å². The first-order chi connectivity index (χ1) is 13.4. The molecule has 0 radical (unpaired) electrons. The summed E-state index contributed by atoms with van der Waals surface area (Å²) in [4.78, 5) is 2.56. The van der Waals surface area contributed by atoms with E-state index in [1.165, 1.54) is 39.1 Å². The number of para-hydroxylation sites is 1. The van der Waals surface area contributed by atoms with Crippen molar-refractivity contribution < 1.29 is 0 Å². The maximum Gasteiger partial charge on any atom is 0.0749 e. The van der Waals surface area contributed by atoms with E-state index in [9.17, 15) is 0 Å². The molecule has 2 unspecified atom stereocenters. The predicted octanol–water partition coefficient (Wildman–Crippen LogP) is 5.91. The van der Waals surface area contributed by atoms with E-state index in [-0.39, 0.29) is 12.1 Å². The van der Waals surface area contributed by atoms with Gasteiger partial charge in [-0.15, -0.1) is 0 Å². The molecule has 2 atom stereocenters. The van der Waals surface area contributed by atoms with Gasteiger partial charge in [0.25, 0.3) is 0 Å². The van der Waals surface area contributed by atoms with Crippen molar-refractivity contribution in [2.45, 2.75) is 12.1 Å². The molecule has 0 N–H and O–H groups in total. The molecular weight excluding hydrogens is 326 g/mol. The van der Waals surface area contributed by atoms with Gasteiger partial charge in [0.15, 0.2) is 0 Å². The van der Waals surface area contributed by atoms with E-state index in [0.29, 0.717) is 0 Å². The second-order valence-corrected chi connectivity index (χ2v) is 7.35. The van der Waals surface area contributed by atoms with Crippen molar-refractivity contribution in [2.24, 2.45) is 0 Å². The van der Waals surface area contributed by atoms with E-state index in [0.717, 1.165) is 0 Å². The lowest BCUT2D eigenvalue weighted by Crippen LogP contribution is -2.37. The number of nitrogens with zero attached hydrogens (tertiary/aromatic N) is 1. The minimum Gasteiger partial charge on any atom is -0.350 e. The molecule has 3 aromatic carbocycles. The summed E-state index contributed by atoms with van der Waals surface area (Å²) in [6, 6.07) is 28.9. The fourth-order valence-corrected chi connectivity index (χ4v) is 4.84. The van der Waals surface area contributed by atoms with Crippen molar-refractivity contribution in [3.8, 4) is 0 Å². The molecule has 0 spiro atoms. The molecule has 0 saturated carbocycles. The minimum atomic E-state index is 0.262. The van der Waals surface area contributed by atoms with E-state index in [1.54, 1.807) is 0 Å². The van der Waals surface area contributed by atoms with Gasteiger partial charge in [-0.1, -0.05) is 91.0 Å². The van der Waals surface area contributed by atoms with Gasteiger partial charge in [0.1, 0.15) is 0 Å². The maximum atomic E-state index is 2.56. The molecule has 3 aliphatic rings. The zero-order chi connectivity index (χ0) is 17.8. The van der Waals surface area contributed by atoms with Crippen molar-refractivity contribution >= 4 is 29.0 Å². The Morgan fingerprint density at radius 3 is 1.56 bits per heavy atom. The zero-order valence-corrected chi connectivity index (χ0v) is 14.9. The molecule has 6 rings (SSSR count). The molecule has 1 heterocycles. The Bertz CT molecular complexity index is 1060. The van der Waals surface area contributed by atoms with E-state index < -0.39 is 0 Å². The third-order valence-corrected chi connectivity index (χ3v) is 5.95. The highest BCUT2D eigenvalue weighted by Crippen LogP contribution is 2.50. The monoisotopic (exact) mass is 345 g/mol. The first-order valence-electron chi connectivity index (χ1n) is 9.54. The van der Waals surface area contributed by atoms with Gasteiger partial charge in [-0.05, 0) is 45.5 Å². The molecule has 0 amide bonds. The Balaban J connectivity index is 1.66. The lowest BCUT2D eigenvalue weighted by atomic mass is 9.82. The molecule has 3 aromatic rings. The van der Waals surface area contributed by atoms with Crippen molar-refractivity contribution in [1.82, 2.24) is 0 Å². The summed E-state index contributed by atoms with van der Waals surface area (Å²) in [7, 11) is 0. The van der Waals surface area contributed by atoms with Gasteiger partial charge in [0.2, 0.25) is 0 Å². The van der Waals surface area contributed by atoms with Crippen LogP contribution in [-0.2, 0) is 0 Å². The molecule has 1 aliphatic heterocycles. The van der Waals surface area contributed by atoms with Gasteiger partial charge in [-0.25, -0.2) is 0 Å². The van der Waals surface area contributed by atoms with Crippen molar-refractivity contribution in [3.05, 3.63) is 113 Å². The van der Waals surface area contributed by atoms with Crippen LogP contribution in [0.1, 0.15) is 22.3 Å². The molecule has 0 fully saturated rings. The Kier molecular flexibility index (Phi) is 3.06. The third-order valence-electron chi connectivity index (χ3n) is 5.95. The Hall–Kier alpha value is -3.32. The molecule has 2 aliphatic carbocycles. The summed E-state index contributed by atoms with van der Waals surface area (Å²) < 4.78 is 0. The summed E-state index contributed by atoms with van der Waals surface area (Å²) in [5.74, 6) is 0. The van der Waals surface area contributed by atoms with Crippen LogP contribution in [0.4, 0.5) is 5.69 Å². The first kappa shape index (κ1) is 14.8. The molecule has 1 heteroatoms. The quantitative estimate of drug-likeness (QED) is 0.530. The standard InChI is InChI=1S/C26H19N/c1-2-10-20(11-3-1)27-23-16-14-18-8-4-6-12-21(18)25(23)26-22-13-7-5-9-19(22)15-17-24(26)27/h1-17,23-24H. The largest absolute Gasteiger partial charge is 0.350 e. The van der Waals surface area contributed by atoms with Crippen molar-refractivity contribution in [2.75, 3.05) is 4.90 Å². The number of anilines is 1. The van der Waals surface area contributed by atoms with Gasteiger partial charge < -0.3 is 4.90 Å². The normalized spacial score (nSPS) is 21.6. The Morgan fingerprint density at radius 1 is 0.519 bits per heavy atom. The maximum absolute atomic E-state index is 2.56. The molecule has 0 saturated heterocycles. The van der Waals surface area contributed by atoms with Crippen LogP contribution in [0.3, 0.4) is 0 Å². The van der Waals surface area contributed by atoms with Crippen molar-refractivity contribution in [3.63, 3.8) is 0 Å². The van der Waals surface area contributed by atoms with Crippen LogP contribution in [0.25, 0.3) is 23.3 Å². The highest BCUT2D eigenvalue weighted by molar-refractivity contribution is 6.08. The number of hydrogen-bond acceptors (Lipinski definition) is 1. The number of benzene rings is 3. The van der Waals surface area contributed by atoms with E-state index in [4.69, 9.17) is 0 Å². The van der Waals surface area contributed by atoms with Gasteiger partial charge >= 0.3 is 0 Å². The average Bonchev–Trinajstić information content (AvgIpc) is 3.09. The first-order valence-corrected chi connectivity index (χ1v) is 9.54. The summed E-state index contributed by atoms with van der Waals surface area (Å²) in [6.45, 7) is 0. The van der Waals surface area contributed by atoms with E-state index in [1.807, 2.05) is 0 Å². The lowest BCUT2D eigenvalue weighted by molar-refractivity contribution is 0.822. The highest BCUT2D eigenvalue weighted by atomic mass is 15.2. The number of fused-ring (bicyclic) bond motifs is 6. The van der Waals surface area contributed by atoms with E-state index >= 15 is 0 Å². The summed E-state index contributed by atoms with van der Waals surface area (Å²) in [6.07, 6.45) is 9.30. The molecule has 0 bridgehead atoms. The molecule has 1 nitrogen and oxygen atoms in total. The van der Waals surface area contributed by atoms with Crippen LogP contribution in [0.5, 0.6) is 0 Å². The number of rotatable bonds is 1. The van der Waals surface area contributed by atoms with Crippen LogP contribution in [0.2, 0.25) is 0 Å². The zero-order valence-electron chi connectivity index (χ0n) is 14.9. The Labute approximate surface area is 159 Å². The smallest absolute Gasteiger partial charge is 0.0749 e. The highest BCUT2D eigenvalue weighted by Gasteiger charge is 2.42. The third kappa shape index (κ3) is 2.06. The van der Waals surface area contributed by atoms with Crippen LogP contribution in [0, 0.1) is 0 Å². The molecule has 27 heavy (non-hydrogen) atoms. The molecule has 128 valence electrons. The SMILES string of the molecule is C1=CC2C(=C3c4ccccc4C=CC3N2c2ccccc2)c2ccccc21. The second-order valence-electron chi connectivity index (χ2n) is 7.35.